The average Bonchev–Trinajstić information content (AvgIpc) is 2.61. The van der Waals surface area contributed by atoms with E-state index < -0.39 is 0 Å². The number of anilines is 1. The Morgan fingerprint density at radius 1 is 1.38 bits per heavy atom. The van der Waals surface area contributed by atoms with Crippen LogP contribution in [-0.4, -0.2) is 26.3 Å². The zero-order chi connectivity index (χ0) is 11.5. The summed E-state index contributed by atoms with van der Waals surface area (Å²) in [6.07, 6.45) is 1.58. The van der Waals surface area contributed by atoms with E-state index in [1.807, 2.05) is 6.07 Å². The van der Waals surface area contributed by atoms with Crippen LogP contribution in [0.15, 0.2) is 24.4 Å². The molecular formula is C10H10N4O2. The molecule has 2 rings (SSSR count). The maximum Gasteiger partial charge on any atom is 0.235 e. The normalized spacial score (nSPS) is 10.3. The molecule has 1 N–H and O–H groups in total. The summed E-state index contributed by atoms with van der Waals surface area (Å²) >= 11 is 0. The molecule has 0 aliphatic heterocycles. The van der Waals surface area contributed by atoms with Crippen LogP contribution >= 0.6 is 0 Å². The fourth-order valence-corrected chi connectivity index (χ4v) is 1.32. The topological polar surface area (TPSA) is 76.4 Å². The molecule has 6 heteroatoms. The fraction of sp³-hybridized carbons (Fsp3) is 0.200. The first-order valence-electron chi connectivity index (χ1n) is 4.76. The molecule has 82 valence electrons. The van der Waals surface area contributed by atoms with E-state index >= 15 is 0 Å². The van der Waals surface area contributed by atoms with Gasteiger partial charge >= 0.3 is 0 Å². The summed E-state index contributed by atoms with van der Waals surface area (Å²) in [5.74, 6) is -0.251. The van der Waals surface area contributed by atoms with Crippen LogP contribution in [0.5, 0.6) is 0 Å². The smallest absolute Gasteiger partial charge is 0.235 e. The van der Waals surface area contributed by atoms with Gasteiger partial charge < -0.3 is 0 Å². The molecule has 6 nitrogen and oxygen atoms in total. The Kier molecular flexibility index (Phi) is 2.63. The predicted molar refractivity (Wildman–Crippen MR) is 56.9 cm³/mol. The van der Waals surface area contributed by atoms with Gasteiger partial charge in [-0.2, -0.15) is 0 Å². The van der Waals surface area contributed by atoms with Crippen molar-refractivity contribution < 1.29 is 9.59 Å². The number of carbonyl (C=O) groups is 2. The molecule has 0 saturated heterocycles. The number of rotatable bonds is 3. The SMILES string of the molecule is CC(=O)CC(=O)Nc1nnc2ccccn12. The number of ketones is 1. The molecule has 1 amide bonds. The van der Waals surface area contributed by atoms with Crippen molar-refractivity contribution in [2.75, 3.05) is 5.32 Å². The summed E-state index contributed by atoms with van der Waals surface area (Å²) in [7, 11) is 0. The Morgan fingerprint density at radius 2 is 2.19 bits per heavy atom. The number of nitrogens with one attached hydrogen (secondary N) is 1. The average molecular weight is 218 g/mol. The fourth-order valence-electron chi connectivity index (χ4n) is 1.32. The van der Waals surface area contributed by atoms with E-state index in [0.717, 1.165) is 0 Å². The van der Waals surface area contributed by atoms with Gasteiger partial charge in [0.1, 0.15) is 5.78 Å². The maximum absolute atomic E-state index is 11.4. The van der Waals surface area contributed by atoms with Crippen molar-refractivity contribution >= 4 is 23.3 Å². The highest BCUT2D eigenvalue weighted by Gasteiger charge is 2.09. The van der Waals surface area contributed by atoms with Gasteiger partial charge in [-0.3, -0.25) is 19.3 Å². The number of hydrogen-bond acceptors (Lipinski definition) is 4. The zero-order valence-electron chi connectivity index (χ0n) is 8.67. The Bertz CT molecular complexity index is 546. The highest BCUT2D eigenvalue weighted by Crippen LogP contribution is 2.07. The van der Waals surface area contributed by atoms with Crippen molar-refractivity contribution in [1.29, 1.82) is 0 Å². The van der Waals surface area contributed by atoms with Crippen molar-refractivity contribution in [2.24, 2.45) is 0 Å². The minimum Gasteiger partial charge on any atom is -0.299 e. The van der Waals surface area contributed by atoms with Gasteiger partial charge in [0.25, 0.3) is 0 Å². The maximum atomic E-state index is 11.4. The van der Waals surface area contributed by atoms with Crippen molar-refractivity contribution in [2.45, 2.75) is 13.3 Å². The minimum atomic E-state index is -0.384. The molecule has 2 aromatic rings. The summed E-state index contributed by atoms with van der Waals surface area (Å²) in [6.45, 7) is 1.36. The Balaban J connectivity index is 2.21. The predicted octanol–water partition coefficient (Wildman–Crippen LogP) is 0.647. The highest BCUT2D eigenvalue weighted by molar-refractivity contribution is 6.02. The summed E-state index contributed by atoms with van der Waals surface area (Å²) in [5, 5.41) is 10.2. The molecule has 2 aromatic heterocycles. The molecule has 0 saturated carbocycles. The van der Waals surface area contributed by atoms with Crippen LogP contribution < -0.4 is 5.32 Å². The van der Waals surface area contributed by atoms with Crippen LogP contribution in [0, 0.1) is 0 Å². The van der Waals surface area contributed by atoms with Crippen LogP contribution in [-0.2, 0) is 9.59 Å². The van der Waals surface area contributed by atoms with Crippen molar-refractivity contribution in [3.63, 3.8) is 0 Å². The van der Waals surface area contributed by atoms with Gasteiger partial charge in [0.2, 0.25) is 11.9 Å². The van der Waals surface area contributed by atoms with E-state index in [4.69, 9.17) is 0 Å². The molecule has 0 fully saturated rings. The quantitative estimate of drug-likeness (QED) is 0.767. The number of fused-ring (bicyclic) bond motifs is 1. The molecule has 0 spiro atoms. The van der Waals surface area contributed by atoms with Crippen LogP contribution in [0.25, 0.3) is 5.65 Å². The molecular weight excluding hydrogens is 208 g/mol. The number of Topliss-reactive ketones (excluding diaryl/α,β-unsaturated/α-hetero) is 1. The van der Waals surface area contributed by atoms with Gasteiger partial charge in [-0.1, -0.05) is 6.07 Å². The second kappa shape index (κ2) is 4.09. The second-order valence-electron chi connectivity index (χ2n) is 3.38. The molecule has 0 unspecified atom stereocenters. The van der Waals surface area contributed by atoms with E-state index in [1.54, 1.807) is 22.7 Å². The lowest BCUT2D eigenvalue weighted by molar-refractivity contribution is -0.124. The van der Waals surface area contributed by atoms with E-state index in [1.165, 1.54) is 6.92 Å². The van der Waals surface area contributed by atoms with E-state index in [0.29, 0.717) is 11.6 Å². The van der Waals surface area contributed by atoms with Gasteiger partial charge in [-0.25, -0.2) is 0 Å². The van der Waals surface area contributed by atoms with Crippen LogP contribution in [0.4, 0.5) is 5.95 Å². The molecule has 0 aliphatic rings. The van der Waals surface area contributed by atoms with Gasteiger partial charge in [-0.05, 0) is 19.1 Å². The lowest BCUT2D eigenvalue weighted by Gasteiger charge is -2.00. The van der Waals surface area contributed by atoms with Crippen molar-refractivity contribution in [1.82, 2.24) is 14.6 Å². The van der Waals surface area contributed by atoms with E-state index in [9.17, 15) is 9.59 Å². The van der Waals surface area contributed by atoms with E-state index in [2.05, 4.69) is 15.5 Å². The standard InChI is InChI=1S/C10H10N4O2/c1-7(15)6-9(16)11-10-13-12-8-4-2-3-5-14(8)10/h2-5H,6H2,1H3,(H,11,13,16). The van der Waals surface area contributed by atoms with Crippen LogP contribution in [0.2, 0.25) is 0 Å². The lowest BCUT2D eigenvalue weighted by Crippen LogP contribution is -2.16. The number of aromatic nitrogens is 3. The monoisotopic (exact) mass is 218 g/mol. The third-order valence-corrected chi connectivity index (χ3v) is 1.97. The van der Waals surface area contributed by atoms with Gasteiger partial charge in [-0.15, -0.1) is 10.2 Å². The first kappa shape index (κ1) is 10.3. The lowest BCUT2D eigenvalue weighted by atomic mass is 10.3. The third kappa shape index (κ3) is 2.05. The van der Waals surface area contributed by atoms with Crippen LogP contribution in [0.3, 0.4) is 0 Å². The largest absolute Gasteiger partial charge is 0.299 e. The van der Waals surface area contributed by atoms with Gasteiger partial charge in [0.15, 0.2) is 5.65 Å². The minimum absolute atomic E-state index is 0.151. The molecule has 0 radical (unpaired) electrons. The number of pyridine rings is 1. The summed E-state index contributed by atoms with van der Waals surface area (Å²) in [5.41, 5.74) is 0.639. The number of amides is 1. The molecule has 0 aliphatic carbocycles. The zero-order valence-corrected chi connectivity index (χ0v) is 8.67. The van der Waals surface area contributed by atoms with Crippen molar-refractivity contribution in [3.05, 3.63) is 24.4 Å². The highest BCUT2D eigenvalue weighted by atomic mass is 16.2. The first-order valence-corrected chi connectivity index (χ1v) is 4.76. The molecule has 0 atom stereocenters. The summed E-state index contributed by atoms with van der Waals surface area (Å²) in [4.78, 5) is 22.1. The Labute approximate surface area is 91.3 Å². The summed E-state index contributed by atoms with van der Waals surface area (Å²) < 4.78 is 1.64. The van der Waals surface area contributed by atoms with Crippen LogP contribution in [0.1, 0.15) is 13.3 Å². The van der Waals surface area contributed by atoms with Gasteiger partial charge in [0.05, 0.1) is 6.42 Å². The molecule has 2 heterocycles. The molecule has 0 aromatic carbocycles. The molecule has 0 bridgehead atoms. The number of carbonyl (C=O) groups excluding carboxylic acids is 2. The number of hydrogen-bond donors (Lipinski definition) is 1. The van der Waals surface area contributed by atoms with E-state index in [-0.39, 0.29) is 18.1 Å². The number of nitrogens with zero attached hydrogens (tertiary/aromatic N) is 3. The Morgan fingerprint density at radius 3 is 2.94 bits per heavy atom. The molecule has 16 heavy (non-hydrogen) atoms. The second-order valence-corrected chi connectivity index (χ2v) is 3.38. The van der Waals surface area contributed by atoms with Crippen molar-refractivity contribution in [3.8, 4) is 0 Å². The Hall–Kier alpha value is -2.24. The van der Waals surface area contributed by atoms with Gasteiger partial charge in [0, 0.05) is 6.20 Å². The third-order valence-electron chi connectivity index (χ3n) is 1.97. The first-order chi connectivity index (χ1) is 7.66. The summed E-state index contributed by atoms with van der Waals surface area (Å²) in [6, 6.07) is 5.40.